The Labute approximate surface area is 78.0 Å². The van der Waals surface area contributed by atoms with Crippen LogP contribution in [0.1, 0.15) is 32.6 Å². The summed E-state index contributed by atoms with van der Waals surface area (Å²) in [6, 6.07) is 0. The lowest BCUT2D eigenvalue weighted by Gasteiger charge is -2.14. The molecule has 2 heteroatoms. The zero-order chi connectivity index (χ0) is 9.45. The van der Waals surface area contributed by atoms with Gasteiger partial charge in [-0.3, -0.25) is 0 Å². The van der Waals surface area contributed by atoms with Gasteiger partial charge in [-0.05, 0) is 32.5 Å². The number of hydrogen-bond acceptors (Lipinski definition) is 1. The lowest BCUT2D eigenvalue weighted by atomic mass is 10.2. The molecule has 0 aliphatic rings. The largest absolute Gasteiger partial charge is 0.550 e. The summed E-state index contributed by atoms with van der Waals surface area (Å²) < 4.78 is 5.57. The van der Waals surface area contributed by atoms with Crippen molar-refractivity contribution in [3.05, 3.63) is 12.3 Å². The zero-order valence-electron chi connectivity index (χ0n) is 8.89. The van der Waals surface area contributed by atoms with Crippen LogP contribution in [0.4, 0.5) is 0 Å². The van der Waals surface area contributed by atoms with E-state index < -0.39 is 8.32 Å². The van der Waals surface area contributed by atoms with Crippen molar-refractivity contribution in [2.75, 3.05) is 0 Å². The first-order valence-corrected chi connectivity index (χ1v) is 8.30. The summed E-state index contributed by atoms with van der Waals surface area (Å²) >= 11 is 0. The maximum Gasteiger partial charge on any atom is 0.241 e. The monoisotopic (exact) mass is 186 g/mol. The summed E-state index contributed by atoms with van der Waals surface area (Å²) in [5.41, 5.74) is 0. The lowest BCUT2D eigenvalue weighted by Crippen LogP contribution is -2.21. The van der Waals surface area contributed by atoms with Crippen LogP contribution in [0.25, 0.3) is 0 Å². The Balaban J connectivity index is 3.26. The zero-order valence-corrected chi connectivity index (χ0v) is 9.89. The van der Waals surface area contributed by atoms with E-state index in [0.29, 0.717) is 0 Å². The Hall–Kier alpha value is -0.243. The minimum absolute atomic E-state index is 1.16. The SMILES string of the molecule is CCCCC/C=C/O[Si](C)(C)C. The van der Waals surface area contributed by atoms with Crippen molar-refractivity contribution >= 4 is 8.32 Å². The van der Waals surface area contributed by atoms with E-state index in [4.69, 9.17) is 4.43 Å². The maximum absolute atomic E-state index is 5.57. The van der Waals surface area contributed by atoms with E-state index in [9.17, 15) is 0 Å². The van der Waals surface area contributed by atoms with Crippen molar-refractivity contribution < 1.29 is 4.43 Å². The number of hydrogen-bond donors (Lipinski definition) is 0. The van der Waals surface area contributed by atoms with Crippen LogP contribution in [-0.4, -0.2) is 8.32 Å². The van der Waals surface area contributed by atoms with Gasteiger partial charge in [-0.1, -0.05) is 25.8 Å². The van der Waals surface area contributed by atoms with Gasteiger partial charge in [0.25, 0.3) is 0 Å². The Morgan fingerprint density at radius 2 is 1.83 bits per heavy atom. The molecule has 0 aromatic carbocycles. The lowest BCUT2D eigenvalue weighted by molar-refractivity contribution is 0.476. The van der Waals surface area contributed by atoms with Crippen molar-refractivity contribution in [2.24, 2.45) is 0 Å². The third-order valence-corrected chi connectivity index (χ3v) is 2.34. The van der Waals surface area contributed by atoms with Crippen molar-refractivity contribution in [3.8, 4) is 0 Å². The van der Waals surface area contributed by atoms with E-state index in [1.807, 2.05) is 6.26 Å². The molecular formula is C10H22OSi. The van der Waals surface area contributed by atoms with Gasteiger partial charge in [0.1, 0.15) is 0 Å². The van der Waals surface area contributed by atoms with E-state index in [0.717, 1.165) is 0 Å². The molecule has 1 nitrogen and oxygen atoms in total. The summed E-state index contributed by atoms with van der Waals surface area (Å²) in [6.07, 6.45) is 9.12. The molecule has 0 fully saturated rings. The highest BCUT2D eigenvalue weighted by molar-refractivity contribution is 6.69. The predicted molar refractivity (Wildman–Crippen MR) is 57.7 cm³/mol. The molecule has 72 valence electrons. The summed E-state index contributed by atoms with van der Waals surface area (Å²) in [5.74, 6) is 0. The van der Waals surface area contributed by atoms with Gasteiger partial charge in [0.15, 0.2) is 0 Å². The molecule has 12 heavy (non-hydrogen) atoms. The molecular weight excluding hydrogens is 164 g/mol. The van der Waals surface area contributed by atoms with Gasteiger partial charge in [-0.25, -0.2) is 0 Å². The average Bonchev–Trinajstić information content (AvgIpc) is 1.94. The Morgan fingerprint density at radius 1 is 1.17 bits per heavy atom. The van der Waals surface area contributed by atoms with E-state index in [-0.39, 0.29) is 0 Å². The van der Waals surface area contributed by atoms with E-state index in [1.54, 1.807) is 0 Å². The topological polar surface area (TPSA) is 9.23 Å². The molecule has 0 spiro atoms. The first-order chi connectivity index (χ1) is 5.56. The number of allylic oxidation sites excluding steroid dienone is 1. The highest BCUT2D eigenvalue weighted by Crippen LogP contribution is 2.04. The Bertz CT molecular complexity index is 124. The van der Waals surface area contributed by atoms with E-state index >= 15 is 0 Å². The van der Waals surface area contributed by atoms with Gasteiger partial charge in [-0.2, -0.15) is 0 Å². The third kappa shape index (κ3) is 9.76. The molecule has 0 rings (SSSR count). The van der Waals surface area contributed by atoms with Crippen LogP contribution < -0.4 is 0 Å². The highest BCUT2D eigenvalue weighted by atomic mass is 28.4. The average molecular weight is 186 g/mol. The van der Waals surface area contributed by atoms with Gasteiger partial charge >= 0.3 is 0 Å². The molecule has 0 aromatic heterocycles. The second kappa shape index (κ2) is 6.29. The molecule has 0 aliphatic heterocycles. The van der Waals surface area contributed by atoms with E-state index in [1.165, 1.54) is 25.7 Å². The highest BCUT2D eigenvalue weighted by Gasteiger charge is 2.12. The van der Waals surface area contributed by atoms with Crippen LogP contribution in [0.5, 0.6) is 0 Å². The number of rotatable bonds is 6. The smallest absolute Gasteiger partial charge is 0.241 e. The van der Waals surface area contributed by atoms with Crippen molar-refractivity contribution in [3.63, 3.8) is 0 Å². The molecule has 0 atom stereocenters. The maximum atomic E-state index is 5.57. The third-order valence-electron chi connectivity index (χ3n) is 1.49. The van der Waals surface area contributed by atoms with Gasteiger partial charge < -0.3 is 4.43 Å². The Kier molecular flexibility index (Phi) is 6.16. The van der Waals surface area contributed by atoms with E-state index in [2.05, 4.69) is 32.6 Å². The molecule has 0 N–H and O–H groups in total. The summed E-state index contributed by atoms with van der Waals surface area (Å²) in [5, 5.41) is 0. The number of unbranched alkanes of at least 4 members (excludes halogenated alkanes) is 3. The summed E-state index contributed by atoms with van der Waals surface area (Å²) in [7, 11) is -1.31. The summed E-state index contributed by atoms with van der Waals surface area (Å²) in [6.45, 7) is 8.82. The molecule has 0 amide bonds. The van der Waals surface area contributed by atoms with Crippen molar-refractivity contribution in [2.45, 2.75) is 52.2 Å². The fourth-order valence-electron chi connectivity index (χ4n) is 0.832. The standard InChI is InChI=1S/C10H22OSi/c1-5-6-7-8-9-10-11-12(2,3)4/h9-10H,5-8H2,1-4H3/b10-9+. The predicted octanol–water partition coefficient (Wildman–Crippen LogP) is 3.93. The molecule has 0 aliphatic carbocycles. The molecule has 0 saturated carbocycles. The molecule has 0 heterocycles. The minimum Gasteiger partial charge on any atom is -0.550 e. The first-order valence-electron chi connectivity index (χ1n) is 4.89. The quantitative estimate of drug-likeness (QED) is 0.347. The molecule has 0 radical (unpaired) electrons. The van der Waals surface area contributed by atoms with Crippen LogP contribution in [0.2, 0.25) is 19.6 Å². The van der Waals surface area contributed by atoms with Crippen molar-refractivity contribution in [1.82, 2.24) is 0 Å². The fourth-order valence-corrected chi connectivity index (χ4v) is 1.34. The van der Waals surface area contributed by atoms with Crippen LogP contribution in [0, 0.1) is 0 Å². The second-order valence-corrected chi connectivity index (χ2v) is 8.56. The fraction of sp³-hybridized carbons (Fsp3) is 0.800. The molecule has 0 bridgehead atoms. The molecule has 0 saturated heterocycles. The van der Waals surface area contributed by atoms with Crippen LogP contribution >= 0.6 is 0 Å². The van der Waals surface area contributed by atoms with Gasteiger partial charge in [0.2, 0.25) is 8.32 Å². The Morgan fingerprint density at radius 3 is 2.33 bits per heavy atom. The summed E-state index contributed by atoms with van der Waals surface area (Å²) in [4.78, 5) is 0. The second-order valence-electron chi connectivity index (χ2n) is 4.10. The van der Waals surface area contributed by atoms with Gasteiger partial charge in [0.05, 0.1) is 6.26 Å². The van der Waals surface area contributed by atoms with Crippen LogP contribution in [-0.2, 0) is 4.43 Å². The molecule has 0 unspecified atom stereocenters. The molecule has 0 aromatic rings. The van der Waals surface area contributed by atoms with Crippen molar-refractivity contribution in [1.29, 1.82) is 0 Å². The minimum atomic E-state index is -1.31. The van der Waals surface area contributed by atoms with Crippen LogP contribution in [0.3, 0.4) is 0 Å². The van der Waals surface area contributed by atoms with Crippen LogP contribution in [0.15, 0.2) is 12.3 Å². The van der Waals surface area contributed by atoms with Gasteiger partial charge in [-0.15, -0.1) is 0 Å². The van der Waals surface area contributed by atoms with Gasteiger partial charge in [0, 0.05) is 0 Å². The normalized spacial score (nSPS) is 12.3. The first kappa shape index (κ1) is 11.8.